The number of halogens is 1. The van der Waals surface area contributed by atoms with Crippen molar-refractivity contribution >= 4 is 27.5 Å². The molecule has 0 spiro atoms. The molecule has 0 aliphatic carbocycles. The summed E-state index contributed by atoms with van der Waals surface area (Å²) in [6.45, 7) is 0. The number of anilines is 1. The molecule has 1 amide bonds. The lowest BCUT2D eigenvalue weighted by Crippen LogP contribution is -2.12. The normalized spacial score (nSPS) is 10.7. The van der Waals surface area contributed by atoms with Crippen molar-refractivity contribution in [2.45, 2.75) is 0 Å². The van der Waals surface area contributed by atoms with E-state index in [1.807, 2.05) is 24.3 Å². The molecule has 0 unspecified atom stereocenters. The lowest BCUT2D eigenvalue weighted by molar-refractivity contribution is 0.102. The molecule has 0 aliphatic heterocycles. The predicted octanol–water partition coefficient (Wildman–Crippen LogP) is 5.01. The molecule has 2 aromatic heterocycles. The second-order valence-corrected chi connectivity index (χ2v) is 6.32. The summed E-state index contributed by atoms with van der Waals surface area (Å²) in [6.07, 6.45) is 1.54. The molecule has 2 aromatic carbocycles. The third kappa shape index (κ3) is 3.29. The van der Waals surface area contributed by atoms with Crippen LogP contribution >= 0.6 is 15.9 Å². The van der Waals surface area contributed by atoms with Crippen LogP contribution in [0.25, 0.3) is 23.0 Å². The molecular weight excluding hydrogens is 398 g/mol. The molecule has 6 nitrogen and oxygen atoms in total. The number of para-hydroxylation sites is 1. The van der Waals surface area contributed by atoms with Crippen molar-refractivity contribution in [3.8, 4) is 23.0 Å². The zero-order valence-electron chi connectivity index (χ0n) is 13.3. The fourth-order valence-electron chi connectivity index (χ4n) is 2.41. The summed E-state index contributed by atoms with van der Waals surface area (Å²) in [5.41, 5.74) is 1.75. The lowest BCUT2D eigenvalue weighted by atomic mass is 10.1. The Hall–Kier alpha value is -3.19. The van der Waals surface area contributed by atoms with Crippen LogP contribution in [-0.4, -0.2) is 16.0 Å². The van der Waals surface area contributed by atoms with Crippen LogP contribution in [0.5, 0.6) is 0 Å². The van der Waals surface area contributed by atoms with E-state index in [0.717, 1.165) is 4.47 Å². The zero-order valence-corrected chi connectivity index (χ0v) is 14.9. The molecule has 128 valence electrons. The first-order valence-corrected chi connectivity index (χ1v) is 8.54. The summed E-state index contributed by atoms with van der Waals surface area (Å²) in [5.74, 6) is 0.925. The van der Waals surface area contributed by atoms with Gasteiger partial charge in [-0.25, -0.2) is 0 Å². The summed E-state index contributed by atoms with van der Waals surface area (Å²) < 4.78 is 11.5. The van der Waals surface area contributed by atoms with E-state index in [9.17, 15) is 4.79 Å². The van der Waals surface area contributed by atoms with Gasteiger partial charge in [-0.1, -0.05) is 33.2 Å². The second kappa shape index (κ2) is 6.97. The van der Waals surface area contributed by atoms with Crippen LogP contribution in [0.1, 0.15) is 10.4 Å². The number of benzene rings is 2. The Morgan fingerprint density at radius 3 is 2.58 bits per heavy atom. The van der Waals surface area contributed by atoms with Crippen LogP contribution in [0, 0.1) is 0 Å². The first-order chi connectivity index (χ1) is 12.7. The first-order valence-electron chi connectivity index (χ1n) is 7.74. The van der Waals surface area contributed by atoms with Gasteiger partial charge in [-0.2, -0.15) is 4.98 Å². The van der Waals surface area contributed by atoms with E-state index in [1.54, 1.807) is 36.4 Å². The van der Waals surface area contributed by atoms with Gasteiger partial charge in [-0.15, -0.1) is 0 Å². The van der Waals surface area contributed by atoms with Crippen LogP contribution in [-0.2, 0) is 0 Å². The molecule has 2 heterocycles. The Bertz CT molecular complexity index is 1040. The Balaban J connectivity index is 1.63. The number of rotatable bonds is 4. The maximum absolute atomic E-state index is 12.5. The van der Waals surface area contributed by atoms with Crippen molar-refractivity contribution < 1.29 is 13.7 Å². The minimum absolute atomic E-state index is 0.226. The van der Waals surface area contributed by atoms with Crippen molar-refractivity contribution in [1.82, 2.24) is 10.1 Å². The highest BCUT2D eigenvalue weighted by Crippen LogP contribution is 2.29. The average Bonchev–Trinajstić information content (AvgIpc) is 3.34. The van der Waals surface area contributed by atoms with Crippen molar-refractivity contribution in [2.24, 2.45) is 0 Å². The molecule has 4 rings (SSSR count). The third-order valence-corrected chi connectivity index (χ3v) is 4.21. The van der Waals surface area contributed by atoms with Gasteiger partial charge >= 0.3 is 0 Å². The van der Waals surface area contributed by atoms with Gasteiger partial charge in [0.05, 0.1) is 17.5 Å². The van der Waals surface area contributed by atoms with E-state index in [0.29, 0.717) is 34.3 Å². The third-order valence-electron chi connectivity index (χ3n) is 3.68. The number of carbonyl (C=O) groups is 1. The van der Waals surface area contributed by atoms with Gasteiger partial charge in [0.25, 0.3) is 11.8 Å². The maximum Gasteiger partial charge on any atom is 0.260 e. The second-order valence-electron chi connectivity index (χ2n) is 5.41. The Labute approximate surface area is 157 Å². The number of nitrogens with one attached hydrogen (secondary N) is 1. The van der Waals surface area contributed by atoms with E-state index < -0.39 is 0 Å². The van der Waals surface area contributed by atoms with E-state index >= 15 is 0 Å². The highest BCUT2D eigenvalue weighted by atomic mass is 79.9. The highest BCUT2D eigenvalue weighted by molar-refractivity contribution is 9.10. The number of hydrogen-bond acceptors (Lipinski definition) is 5. The fourth-order valence-corrected chi connectivity index (χ4v) is 2.68. The summed E-state index contributed by atoms with van der Waals surface area (Å²) in [7, 11) is 0. The molecule has 0 saturated carbocycles. The zero-order chi connectivity index (χ0) is 17.9. The molecule has 0 atom stereocenters. The SMILES string of the molecule is O=C(Nc1ccccc1-c1nc(-c2ccco2)no1)c1ccc(Br)cc1. The fraction of sp³-hybridized carbons (Fsp3) is 0. The van der Waals surface area contributed by atoms with Crippen LogP contribution in [0.15, 0.2) is 80.3 Å². The Morgan fingerprint density at radius 2 is 1.81 bits per heavy atom. The maximum atomic E-state index is 12.5. The van der Waals surface area contributed by atoms with Crippen molar-refractivity contribution in [3.05, 3.63) is 77.0 Å². The molecular formula is C19H12BrN3O3. The molecule has 0 aliphatic rings. The number of furan rings is 1. The van der Waals surface area contributed by atoms with E-state index in [4.69, 9.17) is 8.94 Å². The van der Waals surface area contributed by atoms with E-state index in [2.05, 4.69) is 31.4 Å². The van der Waals surface area contributed by atoms with Gasteiger partial charge in [-0.05, 0) is 48.5 Å². The minimum atomic E-state index is -0.226. The monoisotopic (exact) mass is 409 g/mol. The van der Waals surface area contributed by atoms with Gasteiger partial charge in [0, 0.05) is 10.0 Å². The van der Waals surface area contributed by atoms with Crippen molar-refractivity contribution in [2.75, 3.05) is 5.32 Å². The number of amides is 1. The molecule has 0 fully saturated rings. The van der Waals surface area contributed by atoms with Gasteiger partial charge in [0.1, 0.15) is 0 Å². The topological polar surface area (TPSA) is 81.2 Å². The van der Waals surface area contributed by atoms with Crippen LogP contribution < -0.4 is 5.32 Å². The molecule has 0 bridgehead atoms. The summed E-state index contributed by atoms with van der Waals surface area (Å²) in [4.78, 5) is 16.8. The Kier molecular flexibility index (Phi) is 4.37. The van der Waals surface area contributed by atoms with Crippen molar-refractivity contribution in [1.29, 1.82) is 0 Å². The first kappa shape index (κ1) is 16.3. The number of hydrogen-bond donors (Lipinski definition) is 1. The van der Waals surface area contributed by atoms with E-state index in [-0.39, 0.29) is 5.91 Å². The molecule has 26 heavy (non-hydrogen) atoms. The van der Waals surface area contributed by atoms with Gasteiger partial charge in [0.2, 0.25) is 5.82 Å². The molecule has 4 aromatic rings. The average molecular weight is 410 g/mol. The van der Waals surface area contributed by atoms with Crippen LogP contribution in [0.2, 0.25) is 0 Å². The van der Waals surface area contributed by atoms with Crippen LogP contribution in [0.4, 0.5) is 5.69 Å². The standard InChI is InChI=1S/C19H12BrN3O3/c20-13-9-7-12(8-10-13)18(24)21-15-5-2-1-4-14(15)19-22-17(23-26-19)16-6-3-11-25-16/h1-11H,(H,21,24). The quantitative estimate of drug-likeness (QED) is 0.512. The molecule has 0 radical (unpaired) electrons. The number of carbonyl (C=O) groups excluding carboxylic acids is 1. The van der Waals surface area contributed by atoms with Gasteiger partial charge < -0.3 is 14.3 Å². The molecule has 7 heteroatoms. The summed E-state index contributed by atoms with van der Waals surface area (Å²) >= 11 is 3.36. The van der Waals surface area contributed by atoms with Crippen molar-refractivity contribution in [3.63, 3.8) is 0 Å². The largest absolute Gasteiger partial charge is 0.461 e. The Morgan fingerprint density at radius 1 is 1.00 bits per heavy atom. The number of nitrogens with zero attached hydrogens (tertiary/aromatic N) is 2. The number of aromatic nitrogens is 2. The van der Waals surface area contributed by atoms with Gasteiger partial charge in [0.15, 0.2) is 5.76 Å². The summed E-state index contributed by atoms with van der Waals surface area (Å²) in [5, 5.41) is 6.81. The molecule has 0 saturated heterocycles. The van der Waals surface area contributed by atoms with Gasteiger partial charge in [-0.3, -0.25) is 4.79 Å². The predicted molar refractivity (Wildman–Crippen MR) is 99.5 cm³/mol. The smallest absolute Gasteiger partial charge is 0.260 e. The summed E-state index contributed by atoms with van der Waals surface area (Å²) in [6, 6.07) is 17.8. The van der Waals surface area contributed by atoms with Crippen LogP contribution in [0.3, 0.4) is 0 Å². The lowest BCUT2D eigenvalue weighted by Gasteiger charge is -2.08. The van der Waals surface area contributed by atoms with E-state index in [1.165, 1.54) is 6.26 Å². The highest BCUT2D eigenvalue weighted by Gasteiger charge is 2.17. The molecule has 1 N–H and O–H groups in total. The minimum Gasteiger partial charge on any atom is -0.461 e.